The molecule has 0 fully saturated rings. The number of benzene rings is 1. The van der Waals surface area contributed by atoms with Crippen LogP contribution in [0.4, 0.5) is 4.79 Å². The Morgan fingerprint density at radius 1 is 0.967 bits per heavy atom. The van der Waals surface area contributed by atoms with Crippen LogP contribution in [-0.4, -0.2) is 56.8 Å². The van der Waals surface area contributed by atoms with Gasteiger partial charge in [0.15, 0.2) is 5.96 Å². The van der Waals surface area contributed by atoms with E-state index in [4.69, 9.17) is 27.9 Å². The van der Waals surface area contributed by atoms with Gasteiger partial charge in [-0.3, -0.25) is 9.79 Å². The smallest absolute Gasteiger partial charge is 0.407 e. The van der Waals surface area contributed by atoms with Crippen LogP contribution in [-0.2, 0) is 4.74 Å². The lowest BCUT2D eigenvalue weighted by atomic mass is 10.2. The van der Waals surface area contributed by atoms with Crippen molar-refractivity contribution in [2.24, 2.45) is 4.99 Å². The molecular weight excluding hydrogens is 544 g/mol. The molecule has 0 radical (unpaired) electrons. The van der Waals surface area contributed by atoms with Gasteiger partial charge in [0.05, 0.1) is 10.0 Å². The van der Waals surface area contributed by atoms with E-state index in [0.717, 1.165) is 0 Å². The molecule has 1 aromatic rings. The summed E-state index contributed by atoms with van der Waals surface area (Å²) < 4.78 is 5.16. The standard InChI is InChI=1S/C19H29Cl2N5O3.HI/c1-19(2,3)29-18(28)26-9-5-8-24-17(22-4)25-11-10-23-16(27)13-6-7-14(20)15(21)12-13;/h6-7,12H,5,8-11H2,1-4H3,(H,23,27)(H,26,28)(H2,22,24,25);1H. The van der Waals surface area contributed by atoms with Crippen LogP contribution in [0.1, 0.15) is 37.6 Å². The molecule has 0 aliphatic heterocycles. The second kappa shape index (κ2) is 14.5. The Bertz CT molecular complexity index is 727. The number of nitrogens with zero attached hydrogens (tertiary/aromatic N) is 1. The molecule has 8 nitrogen and oxygen atoms in total. The van der Waals surface area contributed by atoms with Gasteiger partial charge in [-0.05, 0) is 45.4 Å². The predicted octanol–water partition coefficient (Wildman–Crippen LogP) is 3.42. The van der Waals surface area contributed by atoms with E-state index in [1.165, 1.54) is 6.07 Å². The summed E-state index contributed by atoms with van der Waals surface area (Å²) in [5, 5.41) is 12.4. The number of amides is 2. The lowest BCUT2D eigenvalue weighted by Gasteiger charge is -2.19. The molecule has 0 atom stereocenters. The van der Waals surface area contributed by atoms with Crippen molar-refractivity contribution in [3.8, 4) is 0 Å². The Hall–Kier alpha value is -1.46. The maximum Gasteiger partial charge on any atom is 0.407 e. The van der Waals surface area contributed by atoms with E-state index >= 15 is 0 Å². The topological polar surface area (TPSA) is 104 Å². The number of hydrogen-bond donors (Lipinski definition) is 4. The molecule has 0 aromatic heterocycles. The Kier molecular flexibility index (Phi) is 13.8. The molecule has 4 N–H and O–H groups in total. The van der Waals surface area contributed by atoms with Crippen LogP contribution in [0.25, 0.3) is 0 Å². The van der Waals surface area contributed by atoms with E-state index in [-0.39, 0.29) is 29.9 Å². The van der Waals surface area contributed by atoms with Gasteiger partial charge in [0.1, 0.15) is 5.60 Å². The van der Waals surface area contributed by atoms with Crippen LogP contribution in [0.2, 0.25) is 10.0 Å². The highest BCUT2D eigenvalue weighted by Gasteiger charge is 2.15. The molecule has 170 valence electrons. The first-order valence-corrected chi connectivity index (χ1v) is 10.0. The summed E-state index contributed by atoms with van der Waals surface area (Å²) in [5.74, 6) is 0.368. The quantitative estimate of drug-likeness (QED) is 0.165. The van der Waals surface area contributed by atoms with Crippen molar-refractivity contribution in [2.75, 3.05) is 33.2 Å². The first-order chi connectivity index (χ1) is 13.6. The monoisotopic (exact) mass is 573 g/mol. The van der Waals surface area contributed by atoms with Gasteiger partial charge in [-0.25, -0.2) is 4.79 Å². The van der Waals surface area contributed by atoms with Crippen LogP contribution in [0.15, 0.2) is 23.2 Å². The third-order valence-corrected chi connectivity index (χ3v) is 4.16. The molecule has 0 unspecified atom stereocenters. The molecule has 30 heavy (non-hydrogen) atoms. The highest BCUT2D eigenvalue weighted by Crippen LogP contribution is 2.22. The molecule has 0 aliphatic rings. The number of guanidine groups is 1. The fraction of sp³-hybridized carbons (Fsp3) is 0.526. The van der Waals surface area contributed by atoms with Gasteiger partial charge in [-0.1, -0.05) is 23.2 Å². The van der Waals surface area contributed by atoms with E-state index in [2.05, 4.69) is 26.3 Å². The second-order valence-electron chi connectivity index (χ2n) is 7.09. The van der Waals surface area contributed by atoms with Crippen molar-refractivity contribution in [2.45, 2.75) is 32.8 Å². The van der Waals surface area contributed by atoms with E-state index < -0.39 is 11.7 Å². The summed E-state index contributed by atoms with van der Waals surface area (Å²) in [6, 6.07) is 4.72. The summed E-state index contributed by atoms with van der Waals surface area (Å²) >= 11 is 11.8. The Labute approximate surface area is 204 Å². The van der Waals surface area contributed by atoms with Crippen LogP contribution < -0.4 is 21.3 Å². The van der Waals surface area contributed by atoms with E-state index in [0.29, 0.717) is 54.2 Å². The molecule has 0 bridgehead atoms. The van der Waals surface area contributed by atoms with Gasteiger partial charge in [0, 0.05) is 38.8 Å². The third-order valence-electron chi connectivity index (χ3n) is 3.42. The highest BCUT2D eigenvalue weighted by atomic mass is 127. The zero-order chi connectivity index (χ0) is 21.9. The van der Waals surface area contributed by atoms with Gasteiger partial charge < -0.3 is 26.0 Å². The van der Waals surface area contributed by atoms with Gasteiger partial charge in [0.25, 0.3) is 5.91 Å². The van der Waals surface area contributed by atoms with Crippen LogP contribution in [0.5, 0.6) is 0 Å². The molecule has 0 saturated heterocycles. The van der Waals surface area contributed by atoms with Crippen molar-refractivity contribution >= 4 is 65.1 Å². The summed E-state index contributed by atoms with van der Waals surface area (Å²) in [5.41, 5.74) is -0.0665. The normalized spacial score (nSPS) is 11.2. The molecule has 2 amide bonds. The fourth-order valence-corrected chi connectivity index (χ4v) is 2.41. The number of hydrogen-bond acceptors (Lipinski definition) is 4. The molecule has 0 aliphatic carbocycles. The second-order valence-corrected chi connectivity index (χ2v) is 7.91. The van der Waals surface area contributed by atoms with Crippen molar-refractivity contribution in [3.63, 3.8) is 0 Å². The Morgan fingerprint density at radius 3 is 2.17 bits per heavy atom. The maximum atomic E-state index is 12.1. The first kappa shape index (κ1) is 28.5. The molecular formula is C19H30Cl2IN5O3. The van der Waals surface area contributed by atoms with Crippen molar-refractivity contribution in [1.29, 1.82) is 0 Å². The molecule has 0 heterocycles. The number of carbonyl (C=O) groups excluding carboxylic acids is 2. The van der Waals surface area contributed by atoms with Crippen LogP contribution in [0.3, 0.4) is 0 Å². The molecule has 0 spiro atoms. The minimum atomic E-state index is -0.510. The van der Waals surface area contributed by atoms with Gasteiger partial charge in [-0.15, -0.1) is 24.0 Å². The van der Waals surface area contributed by atoms with Crippen LogP contribution >= 0.6 is 47.2 Å². The van der Waals surface area contributed by atoms with Crippen molar-refractivity contribution in [1.82, 2.24) is 21.3 Å². The minimum Gasteiger partial charge on any atom is -0.444 e. The SMILES string of the molecule is CN=C(NCCCNC(=O)OC(C)(C)C)NCCNC(=O)c1ccc(Cl)c(Cl)c1.I. The lowest BCUT2D eigenvalue weighted by molar-refractivity contribution is 0.0527. The first-order valence-electron chi connectivity index (χ1n) is 9.27. The molecule has 0 saturated carbocycles. The van der Waals surface area contributed by atoms with E-state index in [1.54, 1.807) is 19.2 Å². The third kappa shape index (κ3) is 12.3. The van der Waals surface area contributed by atoms with Gasteiger partial charge in [0.2, 0.25) is 0 Å². The zero-order valence-electron chi connectivity index (χ0n) is 17.6. The predicted molar refractivity (Wildman–Crippen MR) is 132 cm³/mol. The Balaban J connectivity index is 0.00000841. The number of carbonyl (C=O) groups is 2. The van der Waals surface area contributed by atoms with Crippen molar-refractivity contribution in [3.05, 3.63) is 33.8 Å². The average molecular weight is 574 g/mol. The van der Waals surface area contributed by atoms with E-state index in [1.807, 2.05) is 20.8 Å². The molecule has 1 rings (SSSR count). The fourth-order valence-electron chi connectivity index (χ4n) is 2.12. The number of aliphatic imine (C=N–C) groups is 1. The number of halogens is 3. The largest absolute Gasteiger partial charge is 0.444 e. The molecule has 11 heteroatoms. The summed E-state index contributed by atoms with van der Waals surface area (Å²) in [7, 11) is 1.66. The zero-order valence-corrected chi connectivity index (χ0v) is 21.4. The Morgan fingerprint density at radius 2 is 1.57 bits per heavy atom. The maximum absolute atomic E-state index is 12.1. The lowest BCUT2D eigenvalue weighted by Crippen LogP contribution is -2.42. The minimum absolute atomic E-state index is 0. The van der Waals surface area contributed by atoms with Crippen LogP contribution in [0, 0.1) is 0 Å². The summed E-state index contributed by atoms with van der Waals surface area (Å²) in [6.07, 6.45) is 0.270. The number of ether oxygens (including phenoxy) is 1. The summed E-state index contributed by atoms with van der Waals surface area (Å²) in [6.45, 7) is 7.44. The van der Waals surface area contributed by atoms with Crippen molar-refractivity contribution < 1.29 is 14.3 Å². The highest BCUT2D eigenvalue weighted by molar-refractivity contribution is 14.0. The number of rotatable bonds is 8. The van der Waals surface area contributed by atoms with E-state index in [9.17, 15) is 9.59 Å². The average Bonchev–Trinajstić information content (AvgIpc) is 2.63. The molecule has 1 aromatic carbocycles. The number of alkyl carbamates (subject to hydrolysis) is 1. The number of nitrogens with one attached hydrogen (secondary N) is 4. The summed E-state index contributed by atoms with van der Waals surface area (Å²) in [4.78, 5) is 27.7. The van der Waals surface area contributed by atoms with Gasteiger partial charge >= 0.3 is 6.09 Å². The van der Waals surface area contributed by atoms with Gasteiger partial charge in [-0.2, -0.15) is 0 Å².